The van der Waals surface area contributed by atoms with Crippen LogP contribution in [0.15, 0.2) is 47.4 Å². The van der Waals surface area contributed by atoms with E-state index in [1.54, 1.807) is 28.8 Å². The van der Waals surface area contributed by atoms with Crippen LogP contribution in [0.5, 0.6) is 0 Å². The quantitative estimate of drug-likeness (QED) is 0.491. The summed E-state index contributed by atoms with van der Waals surface area (Å²) in [5, 5.41) is 0.950. The maximum atomic E-state index is 13.3. The third kappa shape index (κ3) is 5.12. The van der Waals surface area contributed by atoms with E-state index in [0.717, 1.165) is 48.1 Å². The fourth-order valence-corrected chi connectivity index (χ4v) is 5.43. The van der Waals surface area contributed by atoms with Gasteiger partial charge in [0.15, 0.2) is 0 Å². The normalized spacial score (nSPS) is 19.7. The van der Waals surface area contributed by atoms with E-state index < -0.39 is 0 Å². The highest BCUT2D eigenvalue weighted by atomic mass is 35.5. The summed E-state index contributed by atoms with van der Waals surface area (Å²) in [6.07, 6.45) is 2.04. The molecule has 0 radical (unpaired) electrons. The molecule has 2 aromatic rings. The zero-order valence-corrected chi connectivity index (χ0v) is 21.1. The van der Waals surface area contributed by atoms with Crippen molar-refractivity contribution >= 4 is 58.3 Å². The van der Waals surface area contributed by atoms with Gasteiger partial charge in [0.25, 0.3) is 5.91 Å². The first-order valence-electron chi connectivity index (χ1n) is 10.9. The Kier molecular flexibility index (Phi) is 7.11. The third-order valence-electron chi connectivity index (χ3n) is 6.04. The number of rotatable bonds is 3. The molecule has 32 heavy (non-hydrogen) atoms. The highest BCUT2D eigenvalue weighted by Crippen LogP contribution is 2.34. The molecule has 1 amide bonds. The van der Waals surface area contributed by atoms with Gasteiger partial charge >= 0.3 is 0 Å². The molecule has 0 aliphatic carbocycles. The summed E-state index contributed by atoms with van der Waals surface area (Å²) in [5.41, 5.74) is 3.24. The molecule has 0 saturated carbocycles. The molecule has 2 aliphatic rings. The van der Waals surface area contributed by atoms with Crippen molar-refractivity contribution in [3.05, 3.63) is 63.0 Å². The van der Waals surface area contributed by atoms with Crippen molar-refractivity contribution in [2.45, 2.75) is 26.3 Å². The Labute approximate surface area is 205 Å². The van der Waals surface area contributed by atoms with Gasteiger partial charge < -0.3 is 9.80 Å². The van der Waals surface area contributed by atoms with Crippen molar-refractivity contribution in [1.82, 2.24) is 4.90 Å². The summed E-state index contributed by atoms with van der Waals surface area (Å²) >= 11 is 13.9. The highest BCUT2D eigenvalue weighted by Gasteiger charge is 2.28. The number of anilines is 2. The number of halogens is 2. The minimum absolute atomic E-state index is 0.00648. The molecule has 2 saturated heterocycles. The lowest BCUT2D eigenvalue weighted by atomic mass is 10.0. The molecular weight excluding hydrogens is 461 g/mol. The van der Waals surface area contributed by atoms with Gasteiger partial charge in [-0.1, -0.05) is 41.4 Å². The summed E-state index contributed by atoms with van der Waals surface area (Å²) in [5.74, 6) is 0.844. The Balaban J connectivity index is 1.56. The van der Waals surface area contributed by atoms with E-state index in [1.807, 2.05) is 18.2 Å². The molecule has 2 fully saturated rings. The van der Waals surface area contributed by atoms with Gasteiger partial charge in [0, 0.05) is 55.4 Å². The SMILES string of the molecule is CC(C)(C)N1CCN(c2ccccc2C=C2SCCN(c3ccc(Cl)c(Cl)c3)C2=O)CC1. The van der Waals surface area contributed by atoms with Crippen molar-refractivity contribution < 1.29 is 4.79 Å². The molecule has 0 unspecified atom stereocenters. The molecule has 0 N–H and O–H groups in total. The van der Waals surface area contributed by atoms with E-state index >= 15 is 0 Å². The summed E-state index contributed by atoms with van der Waals surface area (Å²) in [6, 6.07) is 13.7. The first-order chi connectivity index (χ1) is 15.2. The molecule has 2 heterocycles. The zero-order chi connectivity index (χ0) is 22.9. The van der Waals surface area contributed by atoms with Crippen LogP contribution in [0.4, 0.5) is 11.4 Å². The summed E-state index contributed by atoms with van der Waals surface area (Å²) in [4.78, 5) is 20.8. The second kappa shape index (κ2) is 9.68. The number of hydrogen-bond acceptors (Lipinski definition) is 4. The third-order valence-corrected chi connectivity index (χ3v) is 7.76. The van der Waals surface area contributed by atoms with Crippen LogP contribution < -0.4 is 9.80 Å². The van der Waals surface area contributed by atoms with Crippen molar-refractivity contribution in [1.29, 1.82) is 0 Å². The second-order valence-corrected chi connectivity index (χ2v) is 11.1. The van der Waals surface area contributed by atoms with E-state index in [1.165, 1.54) is 5.69 Å². The van der Waals surface area contributed by atoms with Crippen LogP contribution in [0.2, 0.25) is 10.0 Å². The van der Waals surface area contributed by atoms with Gasteiger partial charge in [-0.2, -0.15) is 0 Å². The average Bonchev–Trinajstić information content (AvgIpc) is 2.77. The van der Waals surface area contributed by atoms with Crippen molar-refractivity contribution in [3.8, 4) is 0 Å². The standard InChI is InChI=1S/C25H29Cl2N3OS/c1-25(2,3)29-12-10-28(11-13-29)22-7-5-4-6-18(22)16-23-24(31)30(14-15-32-23)19-8-9-20(26)21(27)17-19/h4-9,16-17H,10-15H2,1-3H3. The first-order valence-corrected chi connectivity index (χ1v) is 12.7. The molecular formula is C25H29Cl2N3OS. The van der Waals surface area contributed by atoms with Crippen LogP contribution in [-0.4, -0.2) is 54.8 Å². The maximum Gasteiger partial charge on any atom is 0.264 e. The van der Waals surface area contributed by atoms with Crippen LogP contribution in [0.25, 0.3) is 6.08 Å². The Hall–Kier alpha value is -1.66. The number of benzene rings is 2. The molecule has 170 valence electrons. The van der Waals surface area contributed by atoms with Gasteiger partial charge in [-0.3, -0.25) is 9.69 Å². The van der Waals surface area contributed by atoms with Crippen LogP contribution in [0.1, 0.15) is 26.3 Å². The van der Waals surface area contributed by atoms with Gasteiger partial charge in [-0.05, 0) is 56.7 Å². The predicted octanol–water partition coefficient (Wildman–Crippen LogP) is 6.03. The molecule has 7 heteroatoms. The number of amides is 1. The zero-order valence-electron chi connectivity index (χ0n) is 18.8. The lowest BCUT2D eigenvalue weighted by Crippen LogP contribution is -2.53. The molecule has 2 aromatic carbocycles. The molecule has 4 rings (SSSR count). The lowest BCUT2D eigenvalue weighted by molar-refractivity contribution is -0.114. The number of carbonyl (C=O) groups is 1. The average molecular weight is 491 g/mol. The minimum atomic E-state index is 0.00648. The first kappa shape index (κ1) is 23.5. The molecule has 0 spiro atoms. The Morgan fingerprint density at radius 1 is 0.938 bits per heavy atom. The number of thioether (sulfide) groups is 1. The number of nitrogens with zero attached hydrogens (tertiary/aromatic N) is 3. The van der Waals surface area contributed by atoms with E-state index in [9.17, 15) is 4.79 Å². The number of para-hydroxylation sites is 1. The van der Waals surface area contributed by atoms with Gasteiger partial charge in [0.05, 0.1) is 15.0 Å². The van der Waals surface area contributed by atoms with Crippen molar-refractivity contribution in [2.75, 3.05) is 48.3 Å². The van der Waals surface area contributed by atoms with E-state index in [2.05, 4.69) is 48.8 Å². The van der Waals surface area contributed by atoms with Gasteiger partial charge in [0.2, 0.25) is 0 Å². The highest BCUT2D eigenvalue weighted by molar-refractivity contribution is 8.04. The van der Waals surface area contributed by atoms with E-state index in [-0.39, 0.29) is 11.4 Å². The topological polar surface area (TPSA) is 26.8 Å². The van der Waals surface area contributed by atoms with Crippen molar-refractivity contribution in [3.63, 3.8) is 0 Å². The Morgan fingerprint density at radius 2 is 1.66 bits per heavy atom. The molecule has 4 nitrogen and oxygen atoms in total. The fraction of sp³-hybridized carbons (Fsp3) is 0.400. The monoisotopic (exact) mass is 489 g/mol. The van der Waals surface area contributed by atoms with Crippen LogP contribution >= 0.6 is 35.0 Å². The summed E-state index contributed by atoms with van der Waals surface area (Å²) in [6.45, 7) is 11.5. The predicted molar refractivity (Wildman–Crippen MR) is 139 cm³/mol. The fourth-order valence-electron chi connectivity index (χ4n) is 4.20. The van der Waals surface area contributed by atoms with Gasteiger partial charge in [0.1, 0.15) is 0 Å². The molecule has 0 atom stereocenters. The van der Waals surface area contributed by atoms with Crippen molar-refractivity contribution in [2.24, 2.45) is 0 Å². The summed E-state index contributed by atoms with van der Waals surface area (Å²) < 4.78 is 0. The van der Waals surface area contributed by atoms with Crippen LogP contribution in [0.3, 0.4) is 0 Å². The largest absolute Gasteiger partial charge is 0.368 e. The number of hydrogen-bond donors (Lipinski definition) is 0. The van der Waals surface area contributed by atoms with Gasteiger partial charge in [-0.25, -0.2) is 0 Å². The number of piperazine rings is 1. The minimum Gasteiger partial charge on any atom is -0.368 e. The lowest BCUT2D eigenvalue weighted by Gasteiger charge is -2.43. The summed E-state index contributed by atoms with van der Waals surface area (Å²) in [7, 11) is 0. The molecule has 0 bridgehead atoms. The van der Waals surface area contributed by atoms with Gasteiger partial charge in [-0.15, -0.1) is 11.8 Å². The molecule has 0 aromatic heterocycles. The van der Waals surface area contributed by atoms with E-state index in [4.69, 9.17) is 23.2 Å². The maximum absolute atomic E-state index is 13.3. The smallest absolute Gasteiger partial charge is 0.264 e. The Bertz CT molecular complexity index is 1030. The number of carbonyl (C=O) groups excluding carboxylic acids is 1. The van der Waals surface area contributed by atoms with Crippen LogP contribution in [-0.2, 0) is 4.79 Å². The molecule has 2 aliphatic heterocycles. The van der Waals surface area contributed by atoms with E-state index in [0.29, 0.717) is 16.6 Å². The van der Waals surface area contributed by atoms with Crippen LogP contribution in [0, 0.1) is 0 Å². The second-order valence-electron chi connectivity index (χ2n) is 9.12. The Morgan fingerprint density at radius 3 is 2.34 bits per heavy atom.